The second-order valence-corrected chi connectivity index (χ2v) is 5.97. The molecule has 0 spiro atoms. The van der Waals surface area contributed by atoms with Gasteiger partial charge in [0.25, 0.3) is 0 Å². The Bertz CT molecular complexity index is 728. The van der Waals surface area contributed by atoms with Gasteiger partial charge < -0.3 is 10.5 Å². The van der Waals surface area contributed by atoms with Gasteiger partial charge in [0.05, 0.1) is 23.7 Å². The van der Waals surface area contributed by atoms with Crippen LogP contribution in [0, 0.1) is 5.92 Å². The van der Waals surface area contributed by atoms with E-state index in [2.05, 4.69) is 4.98 Å². The summed E-state index contributed by atoms with van der Waals surface area (Å²) in [5.41, 5.74) is 6.34. The van der Waals surface area contributed by atoms with Crippen molar-refractivity contribution < 1.29 is 14.3 Å². The number of rotatable bonds is 3. The van der Waals surface area contributed by atoms with Gasteiger partial charge in [-0.2, -0.15) is 0 Å². The van der Waals surface area contributed by atoms with Crippen LogP contribution in [0.3, 0.4) is 0 Å². The van der Waals surface area contributed by atoms with Gasteiger partial charge in [0.1, 0.15) is 6.10 Å². The molecule has 7 heteroatoms. The van der Waals surface area contributed by atoms with E-state index >= 15 is 0 Å². The van der Waals surface area contributed by atoms with Crippen LogP contribution in [0.1, 0.15) is 36.2 Å². The normalized spacial score (nSPS) is 21.7. The Morgan fingerprint density at radius 1 is 1.36 bits per heavy atom. The molecule has 2 N–H and O–H groups in total. The zero-order chi connectivity index (χ0) is 15.7. The van der Waals surface area contributed by atoms with Crippen LogP contribution in [-0.2, 0) is 4.74 Å². The van der Waals surface area contributed by atoms with Gasteiger partial charge in [-0.15, -0.1) is 0 Å². The van der Waals surface area contributed by atoms with Crippen LogP contribution in [0.25, 0.3) is 5.52 Å². The van der Waals surface area contributed by atoms with Crippen LogP contribution in [-0.4, -0.2) is 27.4 Å². The maximum atomic E-state index is 12.8. The number of pyridine rings is 1. The number of ether oxygens (including phenoxy) is 1. The molecule has 2 unspecified atom stereocenters. The zero-order valence-corrected chi connectivity index (χ0v) is 12.6. The first kappa shape index (κ1) is 14.8. The lowest BCUT2D eigenvalue weighted by Crippen LogP contribution is -2.31. The molecule has 0 radical (unpaired) electrons. The number of hydrogen-bond acceptors (Lipinski definition) is 4. The molecule has 3 rings (SSSR count). The predicted octanol–water partition coefficient (Wildman–Crippen LogP) is 2.82. The fourth-order valence-corrected chi connectivity index (χ4v) is 3.26. The van der Waals surface area contributed by atoms with E-state index in [-0.39, 0.29) is 17.8 Å². The number of aromatic nitrogens is 2. The molecular weight excluding hydrogens is 306 g/mol. The summed E-state index contributed by atoms with van der Waals surface area (Å²) in [7, 11) is 0. The van der Waals surface area contributed by atoms with Gasteiger partial charge in [0, 0.05) is 10.9 Å². The van der Waals surface area contributed by atoms with E-state index < -0.39 is 6.09 Å². The fourth-order valence-electron chi connectivity index (χ4n) is 3.05. The molecule has 2 aromatic rings. The molecule has 1 amide bonds. The molecule has 6 nitrogen and oxygen atoms in total. The number of amides is 1. The Kier molecular flexibility index (Phi) is 4.02. The number of Topliss-reactive ketones (excluding diaryl/α,β-unsaturated/α-hetero) is 1. The van der Waals surface area contributed by atoms with Gasteiger partial charge >= 0.3 is 6.09 Å². The Morgan fingerprint density at radius 3 is 2.95 bits per heavy atom. The topological polar surface area (TPSA) is 86.7 Å². The summed E-state index contributed by atoms with van der Waals surface area (Å²) >= 11 is 6.08. The molecule has 0 saturated heterocycles. The number of nitrogens with two attached hydrogens (primary N) is 1. The van der Waals surface area contributed by atoms with Gasteiger partial charge in [-0.05, 0) is 37.8 Å². The molecule has 0 aliphatic heterocycles. The molecule has 2 heterocycles. The van der Waals surface area contributed by atoms with Crippen molar-refractivity contribution in [3.8, 4) is 0 Å². The third-order valence-corrected chi connectivity index (χ3v) is 4.24. The van der Waals surface area contributed by atoms with Crippen LogP contribution < -0.4 is 5.73 Å². The molecule has 1 aliphatic carbocycles. The van der Waals surface area contributed by atoms with E-state index in [0.29, 0.717) is 17.1 Å². The number of imidazole rings is 1. The Labute approximate surface area is 132 Å². The van der Waals surface area contributed by atoms with Crippen LogP contribution in [0.15, 0.2) is 24.7 Å². The van der Waals surface area contributed by atoms with Crippen molar-refractivity contribution in [1.82, 2.24) is 9.38 Å². The first-order chi connectivity index (χ1) is 10.5. The summed E-state index contributed by atoms with van der Waals surface area (Å²) in [5.74, 6) is -0.217. The standard InChI is InChI=1S/C15H16ClN3O3/c16-10-5-11-7-18-8-19(11)13(6-10)14(20)9-2-1-3-12(4-9)22-15(17)21/h5-9,12H,1-4H2,(H2,17,21). The average Bonchev–Trinajstić information content (AvgIpc) is 2.93. The van der Waals surface area contributed by atoms with Gasteiger partial charge in [-0.3, -0.25) is 9.20 Å². The number of halogens is 1. The second-order valence-electron chi connectivity index (χ2n) is 5.53. The molecule has 116 valence electrons. The maximum Gasteiger partial charge on any atom is 0.404 e. The van der Waals surface area contributed by atoms with Gasteiger partial charge in [-0.25, -0.2) is 9.78 Å². The van der Waals surface area contributed by atoms with Gasteiger partial charge in [0.15, 0.2) is 5.78 Å². The van der Waals surface area contributed by atoms with Crippen molar-refractivity contribution in [3.05, 3.63) is 35.4 Å². The molecule has 2 atom stereocenters. The summed E-state index contributed by atoms with van der Waals surface area (Å²) in [4.78, 5) is 27.8. The van der Waals surface area contributed by atoms with Crippen LogP contribution in [0.2, 0.25) is 5.02 Å². The number of carbonyl (C=O) groups is 2. The number of ketones is 1. The highest BCUT2D eigenvalue weighted by atomic mass is 35.5. The third kappa shape index (κ3) is 2.92. The summed E-state index contributed by atoms with van der Waals surface area (Å²) in [6.45, 7) is 0. The molecule has 1 aliphatic rings. The highest BCUT2D eigenvalue weighted by Crippen LogP contribution is 2.30. The Balaban J connectivity index is 1.86. The highest BCUT2D eigenvalue weighted by Gasteiger charge is 2.30. The number of fused-ring (bicyclic) bond motifs is 1. The molecule has 0 aromatic carbocycles. The summed E-state index contributed by atoms with van der Waals surface area (Å²) in [5, 5.41) is 0.497. The number of nitrogens with zero attached hydrogens (tertiary/aromatic N) is 2. The molecular formula is C15H16ClN3O3. The Morgan fingerprint density at radius 2 is 2.18 bits per heavy atom. The van der Waals surface area contributed by atoms with Crippen LogP contribution in [0.4, 0.5) is 4.79 Å². The zero-order valence-electron chi connectivity index (χ0n) is 11.9. The minimum atomic E-state index is -0.794. The van der Waals surface area contributed by atoms with E-state index in [4.69, 9.17) is 22.1 Å². The first-order valence-electron chi connectivity index (χ1n) is 7.16. The number of carbonyl (C=O) groups excluding carboxylic acids is 2. The fraction of sp³-hybridized carbons (Fsp3) is 0.400. The lowest BCUT2D eigenvalue weighted by Gasteiger charge is -2.27. The smallest absolute Gasteiger partial charge is 0.404 e. The van der Waals surface area contributed by atoms with Gasteiger partial charge in [0.2, 0.25) is 0 Å². The summed E-state index contributed by atoms with van der Waals surface area (Å²) in [6.07, 6.45) is 4.98. The van der Waals surface area contributed by atoms with Crippen LogP contribution in [0.5, 0.6) is 0 Å². The van der Waals surface area contributed by atoms with Crippen molar-refractivity contribution in [2.45, 2.75) is 31.8 Å². The monoisotopic (exact) mass is 321 g/mol. The molecule has 1 fully saturated rings. The lowest BCUT2D eigenvalue weighted by molar-refractivity contribution is 0.0563. The molecule has 1 saturated carbocycles. The molecule has 0 bridgehead atoms. The van der Waals surface area contributed by atoms with E-state index in [1.54, 1.807) is 29.1 Å². The van der Waals surface area contributed by atoms with E-state index in [1.165, 1.54) is 0 Å². The minimum absolute atomic E-state index is 0.0109. The molecule has 2 aromatic heterocycles. The predicted molar refractivity (Wildman–Crippen MR) is 80.9 cm³/mol. The highest BCUT2D eigenvalue weighted by molar-refractivity contribution is 6.31. The average molecular weight is 322 g/mol. The Hall–Kier alpha value is -2.08. The molecule has 22 heavy (non-hydrogen) atoms. The summed E-state index contributed by atoms with van der Waals surface area (Å²) < 4.78 is 6.77. The number of primary amides is 1. The van der Waals surface area contributed by atoms with E-state index in [0.717, 1.165) is 24.8 Å². The van der Waals surface area contributed by atoms with E-state index in [9.17, 15) is 9.59 Å². The quantitative estimate of drug-likeness (QED) is 0.881. The second kappa shape index (κ2) is 5.96. The van der Waals surface area contributed by atoms with Crippen molar-refractivity contribution in [2.24, 2.45) is 11.7 Å². The van der Waals surface area contributed by atoms with Crippen molar-refractivity contribution >= 4 is 29.0 Å². The van der Waals surface area contributed by atoms with Crippen molar-refractivity contribution in [2.75, 3.05) is 0 Å². The van der Waals surface area contributed by atoms with Crippen LogP contribution >= 0.6 is 11.6 Å². The SMILES string of the molecule is NC(=O)OC1CCCC(C(=O)c2cc(Cl)cc3cncn23)C1. The number of hydrogen-bond donors (Lipinski definition) is 1. The largest absolute Gasteiger partial charge is 0.446 e. The van der Waals surface area contributed by atoms with Gasteiger partial charge in [-0.1, -0.05) is 11.6 Å². The first-order valence-corrected chi connectivity index (χ1v) is 7.54. The summed E-state index contributed by atoms with van der Waals surface area (Å²) in [6, 6.07) is 3.41. The lowest BCUT2D eigenvalue weighted by atomic mass is 9.83. The van der Waals surface area contributed by atoms with E-state index in [1.807, 2.05) is 0 Å². The van der Waals surface area contributed by atoms with Crippen molar-refractivity contribution in [1.29, 1.82) is 0 Å². The minimum Gasteiger partial charge on any atom is -0.446 e. The third-order valence-electron chi connectivity index (χ3n) is 4.02. The van der Waals surface area contributed by atoms with Crippen molar-refractivity contribution in [3.63, 3.8) is 0 Å². The maximum absolute atomic E-state index is 12.8.